The molecule has 5 aliphatic rings. The molecule has 75 heavy (non-hydrogen) atoms. The molecular weight excluding hydrogens is 963 g/mol. The summed E-state index contributed by atoms with van der Waals surface area (Å²) in [6.45, 7) is 12.1. The minimum atomic E-state index is -1.55. The highest BCUT2D eigenvalue weighted by Crippen LogP contribution is 2.42. The summed E-state index contributed by atoms with van der Waals surface area (Å²) in [5.41, 5.74) is 3.81. The molecule has 0 radical (unpaired) electrons. The van der Waals surface area contributed by atoms with Crippen LogP contribution in [0.5, 0.6) is 17.5 Å². The first kappa shape index (κ1) is 49.2. The van der Waals surface area contributed by atoms with Crippen LogP contribution in [0.25, 0.3) is 55.2 Å². The molecule has 0 aliphatic carbocycles. The smallest absolute Gasteiger partial charge is 0.340 e. The van der Waals surface area contributed by atoms with Crippen molar-refractivity contribution < 1.29 is 42.8 Å². The number of hydrogen-bond donors (Lipinski definition) is 2. The predicted octanol–water partition coefficient (Wildman–Crippen LogP) is 7.52. The number of likely N-dealkylation sites (tertiary alicyclic amines) is 1. The second-order valence-electron chi connectivity index (χ2n) is 19.5. The van der Waals surface area contributed by atoms with Crippen LogP contribution in [0.2, 0.25) is 0 Å². The molecule has 2 N–H and O–H groups in total. The molecule has 1 amide bonds. The maximum atomic E-state index is 17.2. The number of aliphatic hydroxyl groups excluding tert-OH is 1. The molecule has 12 rings (SSSR count). The number of aromatic nitrogens is 5. The van der Waals surface area contributed by atoms with Crippen LogP contribution in [-0.2, 0) is 33.9 Å². The lowest BCUT2D eigenvalue weighted by Gasteiger charge is -2.42. The molecule has 2 bridgehead atoms. The lowest BCUT2D eigenvalue weighted by molar-refractivity contribution is -0.157. The number of terminal acetylenes is 1. The fourth-order valence-electron chi connectivity index (χ4n) is 11.6. The van der Waals surface area contributed by atoms with Crippen LogP contribution in [0.15, 0.2) is 71.7 Å². The number of anilines is 1. The van der Waals surface area contributed by atoms with Crippen molar-refractivity contribution >= 4 is 50.3 Å². The van der Waals surface area contributed by atoms with Gasteiger partial charge in [-0.1, -0.05) is 39.3 Å². The van der Waals surface area contributed by atoms with Gasteiger partial charge in [0.2, 0.25) is 0 Å². The Labute approximate surface area is 430 Å². The van der Waals surface area contributed by atoms with Crippen molar-refractivity contribution in [2.75, 3.05) is 44.8 Å². The van der Waals surface area contributed by atoms with Crippen molar-refractivity contribution in [3.8, 4) is 52.5 Å². The van der Waals surface area contributed by atoms with Crippen molar-refractivity contribution in [3.63, 3.8) is 0 Å². The molecule has 4 unspecified atom stereocenters. The second-order valence-corrected chi connectivity index (χ2v) is 19.5. The van der Waals surface area contributed by atoms with Gasteiger partial charge in [-0.15, -0.1) is 6.42 Å². The van der Waals surface area contributed by atoms with E-state index in [0.717, 1.165) is 35.9 Å². The number of aliphatic hydroxyl groups is 1. The quantitative estimate of drug-likeness (QED) is 0.0779. The van der Waals surface area contributed by atoms with Gasteiger partial charge in [0.25, 0.3) is 11.5 Å². The molecule has 3 fully saturated rings. The number of halogens is 2. The second kappa shape index (κ2) is 19.4. The van der Waals surface area contributed by atoms with Gasteiger partial charge >= 0.3 is 12.0 Å². The molecule has 16 nitrogen and oxygen atoms in total. The summed E-state index contributed by atoms with van der Waals surface area (Å²) in [6.07, 6.45) is 9.67. The summed E-state index contributed by atoms with van der Waals surface area (Å²) < 4.78 is 51.5. The average molecular weight is 1020 g/mol. The third-order valence-electron chi connectivity index (χ3n) is 15.3. The van der Waals surface area contributed by atoms with Crippen LogP contribution in [0.3, 0.4) is 0 Å². The zero-order chi connectivity index (χ0) is 52.6. The minimum Gasteiger partial charge on any atom is -0.508 e. The number of hydrogen-bond acceptors (Lipinski definition) is 14. The maximum Gasteiger partial charge on any atom is 0.340 e. The Morgan fingerprint density at radius 2 is 1.76 bits per heavy atom. The Morgan fingerprint density at radius 3 is 2.49 bits per heavy atom. The van der Waals surface area contributed by atoms with Gasteiger partial charge < -0.3 is 43.7 Å². The molecule has 4 aromatic heterocycles. The van der Waals surface area contributed by atoms with Crippen LogP contribution in [0.4, 0.5) is 14.6 Å². The topological polar surface area (TPSA) is 186 Å². The van der Waals surface area contributed by atoms with Crippen LogP contribution in [-0.4, -0.2) is 114 Å². The number of carbonyl (C=O) groups is 2. The standard InChI is InChI=1S/C55H48F2N8O8.C2H6/c1-5-34-36-18-33(12-14-43(36)59-47-40(34)23-64-44(47)19-37-41(53(64)69)26-72-54(70)50(37)67)71-24-27(3)52(68)65-29-10-11-30(65)22-63(21-29)51-39-20-58-48(38-17-32(66)16-28-9-13-42(56)35(6-2)45(28)38)46(57)49(39)60-55(61-51)73-25-31-8-7-15-62(31)4;1-2/h2,9,12-14,16-20,29-31,50,66-67H,3,5,7-8,10-11,15,21-26H2,1,4H3;1-2H3. The fourth-order valence-corrected chi connectivity index (χ4v) is 11.6. The molecule has 0 saturated carbocycles. The van der Waals surface area contributed by atoms with E-state index in [1.807, 2.05) is 49.8 Å². The third-order valence-corrected chi connectivity index (χ3v) is 15.3. The largest absolute Gasteiger partial charge is 0.508 e. The highest BCUT2D eigenvalue weighted by atomic mass is 19.1. The van der Waals surface area contributed by atoms with Gasteiger partial charge in [-0.05, 0) is 99.1 Å². The lowest BCUT2D eigenvalue weighted by atomic mass is 9.96. The Kier molecular flexibility index (Phi) is 12.7. The minimum absolute atomic E-state index is 0.0276. The van der Waals surface area contributed by atoms with E-state index in [1.165, 1.54) is 30.5 Å². The Morgan fingerprint density at radius 1 is 0.973 bits per heavy atom. The van der Waals surface area contributed by atoms with E-state index in [9.17, 15) is 24.6 Å². The van der Waals surface area contributed by atoms with E-state index in [0.29, 0.717) is 71.6 Å². The first-order valence-electron chi connectivity index (χ1n) is 25.4. The molecule has 4 atom stereocenters. The number of ether oxygens (including phenoxy) is 3. The number of pyridine rings is 3. The van der Waals surface area contributed by atoms with Gasteiger partial charge in [-0.3, -0.25) is 14.6 Å². The molecule has 18 heteroatoms. The number of carbonyl (C=O) groups excluding carboxylic acids is 2. The first-order chi connectivity index (χ1) is 36.3. The lowest BCUT2D eigenvalue weighted by Crippen LogP contribution is -2.56. The van der Waals surface area contributed by atoms with Crippen molar-refractivity contribution in [1.82, 2.24) is 34.3 Å². The monoisotopic (exact) mass is 1020 g/mol. The number of phenolic OH excluding ortho intramolecular Hbond substituents is 1. The maximum absolute atomic E-state index is 17.2. The fraction of sp³-hybridized carbons (Fsp3) is 0.351. The molecule has 0 spiro atoms. The van der Waals surface area contributed by atoms with Gasteiger partial charge in [-0.2, -0.15) is 9.97 Å². The van der Waals surface area contributed by atoms with E-state index >= 15 is 8.78 Å². The predicted molar refractivity (Wildman–Crippen MR) is 277 cm³/mol. The first-order valence-corrected chi connectivity index (χ1v) is 25.4. The molecule has 5 aliphatic heterocycles. The van der Waals surface area contributed by atoms with Crippen LogP contribution in [0.1, 0.15) is 80.4 Å². The van der Waals surface area contributed by atoms with Crippen LogP contribution in [0, 0.1) is 24.0 Å². The van der Waals surface area contributed by atoms with E-state index < -0.39 is 23.7 Å². The number of rotatable bonds is 10. The zero-order valence-corrected chi connectivity index (χ0v) is 42.0. The van der Waals surface area contributed by atoms with Crippen molar-refractivity contribution in [2.45, 2.75) is 90.3 Å². The van der Waals surface area contributed by atoms with Crippen LogP contribution >= 0.6 is 0 Å². The van der Waals surface area contributed by atoms with Crippen molar-refractivity contribution in [1.29, 1.82) is 0 Å². The number of fused-ring (bicyclic) bond motifs is 9. The van der Waals surface area contributed by atoms with Crippen molar-refractivity contribution in [3.05, 3.63) is 117 Å². The Balaban J connectivity index is 0.00000298. The van der Waals surface area contributed by atoms with Gasteiger partial charge in [0, 0.05) is 58.4 Å². The third kappa shape index (κ3) is 8.25. The molecule has 3 saturated heterocycles. The SMILES string of the molecule is C#Cc1c(F)ccc2cc(O)cc(-c3ncc4c(N5CC6CCC(C5)N6C(=O)C(=C)COc5ccc6nc7c(c(CC)c6c5)Cn5c-7cc6c(c5=O)COC(=O)C6O)nc(OCC5CCCN5C)nc4c3F)c12.CC. The number of aryl methyl sites for hydroxylation is 1. The van der Waals surface area contributed by atoms with E-state index in [4.69, 9.17) is 30.6 Å². The number of aromatic hydroxyl groups is 1. The number of piperazine rings is 1. The number of likely N-dealkylation sites (N-methyl/N-ethyl adjacent to an activating group) is 1. The average Bonchev–Trinajstić information content (AvgIpc) is 4.10. The molecular formula is C57H54F2N8O8. The summed E-state index contributed by atoms with van der Waals surface area (Å²) in [4.78, 5) is 65.1. The number of esters is 1. The number of phenols is 1. The number of amides is 1. The van der Waals surface area contributed by atoms with E-state index in [2.05, 4.69) is 27.4 Å². The molecule has 3 aromatic carbocycles. The summed E-state index contributed by atoms with van der Waals surface area (Å²) in [7, 11) is 2.03. The number of cyclic esters (lactones) is 1. The number of nitrogens with zero attached hydrogens (tertiary/aromatic N) is 8. The molecule has 7 aromatic rings. The van der Waals surface area contributed by atoms with Crippen LogP contribution < -0.4 is 19.9 Å². The van der Waals surface area contributed by atoms with Gasteiger partial charge in [0.05, 0.1) is 52.0 Å². The van der Waals surface area contributed by atoms with E-state index in [1.54, 1.807) is 16.7 Å². The highest BCUT2D eigenvalue weighted by molar-refractivity contribution is 6.03. The normalized spacial score (nSPS) is 19.6. The summed E-state index contributed by atoms with van der Waals surface area (Å²) >= 11 is 0. The summed E-state index contributed by atoms with van der Waals surface area (Å²) in [5, 5.41) is 23.1. The van der Waals surface area contributed by atoms with Crippen molar-refractivity contribution in [2.24, 2.45) is 0 Å². The van der Waals surface area contributed by atoms with Gasteiger partial charge in [0.15, 0.2) is 11.9 Å². The van der Waals surface area contributed by atoms with E-state index in [-0.39, 0.29) is 112 Å². The zero-order valence-electron chi connectivity index (χ0n) is 42.0. The summed E-state index contributed by atoms with van der Waals surface area (Å²) in [6, 6.07) is 12.2. The summed E-state index contributed by atoms with van der Waals surface area (Å²) in [5.74, 6) is 0.561. The Hall–Kier alpha value is -8.01. The highest BCUT2D eigenvalue weighted by Gasteiger charge is 2.44. The molecule has 384 valence electrons. The number of benzene rings is 3. The molecule has 9 heterocycles. The van der Waals surface area contributed by atoms with Gasteiger partial charge in [0.1, 0.15) is 54.2 Å². The van der Waals surface area contributed by atoms with Gasteiger partial charge in [-0.25, -0.2) is 18.6 Å². The Bertz CT molecular complexity index is 3660.